The number of nitrogens with two attached hydrogens (primary N) is 1. The van der Waals surface area contributed by atoms with E-state index < -0.39 is 18.5 Å². The molecule has 3 rings (SSSR count). The van der Waals surface area contributed by atoms with Crippen molar-refractivity contribution in [3.05, 3.63) is 30.1 Å². The molecule has 24 heavy (non-hydrogen) atoms. The van der Waals surface area contributed by atoms with E-state index in [1.165, 1.54) is 10.5 Å². The van der Waals surface area contributed by atoms with Crippen molar-refractivity contribution in [1.29, 1.82) is 0 Å². The highest BCUT2D eigenvalue weighted by Gasteiger charge is 2.41. The summed E-state index contributed by atoms with van der Waals surface area (Å²) in [6.07, 6.45) is 8.24. The van der Waals surface area contributed by atoms with Crippen LogP contribution < -0.4 is 5.73 Å². The van der Waals surface area contributed by atoms with Crippen LogP contribution in [-0.4, -0.2) is 40.8 Å². The van der Waals surface area contributed by atoms with Crippen LogP contribution in [0.15, 0.2) is 24.5 Å². The van der Waals surface area contributed by atoms with Crippen molar-refractivity contribution in [2.24, 2.45) is 11.7 Å². The molecule has 1 aliphatic heterocycles. The molecule has 0 bridgehead atoms. The topological polar surface area (TPSA) is 59.2 Å². The molecule has 1 amide bonds. The Bertz CT molecular complexity index is 559. The van der Waals surface area contributed by atoms with E-state index >= 15 is 0 Å². The third kappa shape index (κ3) is 4.09. The molecule has 2 aliphatic rings. The fourth-order valence-electron chi connectivity index (χ4n) is 3.97. The first-order chi connectivity index (χ1) is 11.4. The minimum atomic E-state index is -2.75. The minimum absolute atomic E-state index is 0.118. The number of amides is 1. The Morgan fingerprint density at radius 3 is 2.71 bits per heavy atom. The van der Waals surface area contributed by atoms with Gasteiger partial charge >= 0.3 is 0 Å². The highest BCUT2D eigenvalue weighted by atomic mass is 19.3. The maximum atomic E-state index is 13.2. The van der Waals surface area contributed by atoms with Gasteiger partial charge in [0.15, 0.2) is 0 Å². The third-order valence-corrected chi connectivity index (χ3v) is 5.39. The SMILES string of the molecule is N[C@@H](CC1CCC(c2cccnc2)CC1)C(=O)N1CCC(F)(F)C1. The predicted molar refractivity (Wildman–Crippen MR) is 87.7 cm³/mol. The standard InChI is InChI=1S/C18H25F2N3O/c19-18(20)7-9-23(12-18)17(24)16(21)10-13-3-5-14(6-4-13)15-2-1-8-22-11-15/h1-2,8,11,13-14,16H,3-7,9-10,12,21H2/t13?,14?,16-/m0/s1. The molecule has 1 aromatic rings. The molecule has 0 spiro atoms. The van der Waals surface area contributed by atoms with Crippen LogP contribution >= 0.6 is 0 Å². The Morgan fingerprint density at radius 2 is 2.12 bits per heavy atom. The largest absolute Gasteiger partial charge is 0.335 e. The fraction of sp³-hybridized carbons (Fsp3) is 0.667. The lowest BCUT2D eigenvalue weighted by molar-refractivity contribution is -0.133. The molecule has 0 unspecified atom stereocenters. The van der Waals surface area contributed by atoms with Crippen LogP contribution in [0, 0.1) is 5.92 Å². The summed E-state index contributed by atoms with van der Waals surface area (Å²) >= 11 is 0. The minimum Gasteiger partial charge on any atom is -0.335 e. The number of carbonyl (C=O) groups is 1. The predicted octanol–water partition coefficient (Wildman–Crippen LogP) is 2.94. The molecule has 1 saturated carbocycles. The van der Waals surface area contributed by atoms with Gasteiger partial charge in [-0.2, -0.15) is 0 Å². The molecular weight excluding hydrogens is 312 g/mol. The van der Waals surface area contributed by atoms with Gasteiger partial charge in [-0.15, -0.1) is 0 Å². The van der Waals surface area contributed by atoms with Crippen molar-refractivity contribution in [2.45, 2.75) is 56.4 Å². The number of likely N-dealkylation sites (tertiary alicyclic amines) is 1. The number of hydrogen-bond acceptors (Lipinski definition) is 3. The van der Waals surface area contributed by atoms with Gasteiger partial charge in [0.25, 0.3) is 5.92 Å². The maximum Gasteiger partial charge on any atom is 0.267 e. The van der Waals surface area contributed by atoms with Gasteiger partial charge in [-0.25, -0.2) is 8.78 Å². The van der Waals surface area contributed by atoms with Crippen LogP contribution in [0.25, 0.3) is 0 Å². The normalized spacial score (nSPS) is 27.9. The van der Waals surface area contributed by atoms with Crippen LogP contribution in [0.2, 0.25) is 0 Å². The van der Waals surface area contributed by atoms with Crippen molar-refractivity contribution < 1.29 is 13.6 Å². The summed E-state index contributed by atoms with van der Waals surface area (Å²) in [6.45, 7) is -0.361. The molecule has 6 heteroatoms. The Kier molecular flexibility index (Phi) is 5.13. The highest BCUT2D eigenvalue weighted by Crippen LogP contribution is 2.37. The van der Waals surface area contributed by atoms with E-state index in [9.17, 15) is 13.6 Å². The van der Waals surface area contributed by atoms with Crippen LogP contribution in [0.3, 0.4) is 0 Å². The number of carbonyl (C=O) groups excluding carboxylic acids is 1. The fourth-order valence-corrected chi connectivity index (χ4v) is 3.97. The van der Waals surface area contributed by atoms with E-state index in [-0.39, 0.29) is 18.9 Å². The lowest BCUT2D eigenvalue weighted by Crippen LogP contribution is -2.44. The maximum absolute atomic E-state index is 13.2. The van der Waals surface area contributed by atoms with E-state index in [4.69, 9.17) is 5.73 Å². The average Bonchev–Trinajstić information content (AvgIpc) is 2.95. The lowest BCUT2D eigenvalue weighted by Gasteiger charge is -2.30. The summed E-state index contributed by atoms with van der Waals surface area (Å²) in [5.74, 6) is -2.14. The Balaban J connectivity index is 1.46. The first-order valence-corrected chi connectivity index (χ1v) is 8.77. The first kappa shape index (κ1) is 17.3. The molecule has 2 fully saturated rings. The Morgan fingerprint density at radius 1 is 1.38 bits per heavy atom. The summed E-state index contributed by atoms with van der Waals surface area (Å²) in [7, 11) is 0. The second-order valence-corrected chi connectivity index (χ2v) is 7.21. The summed E-state index contributed by atoms with van der Waals surface area (Å²) in [4.78, 5) is 17.7. The van der Waals surface area contributed by atoms with Crippen molar-refractivity contribution in [3.8, 4) is 0 Å². The molecule has 1 atom stereocenters. The number of pyridine rings is 1. The van der Waals surface area contributed by atoms with E-state index in [0.717, 1.165) is 25.7 Å². The van der Waals surface area contributed by atoms with E-state index in [0.29, 0.717) is 18.3 Å². The van der Waals surface area contributed by atoms with Crippen LogP contribution in [-0.2, 0) is 4.79 Å². The summed E-state index contributed by atoms with van der Waals surface area (Å²) in [6, 6.07) is 3.42. The van der Waals surface area contributed by atoms with Crippen molar-refractivity contribution in [2.75, 3.05) is 13.1 Å². The van der Waals surface area contributed by atoms with Gasteiger partial charge < -0.3 is 10.6 Å². The lowest BCUT2D eigenvalue weighted by atomic mass is 9.77. The number of nitrogens with zero attached hydrogens (tertiary/aromatic N) is 2. The van der Waals surface area contributed by atoms with Gasteiger partial charge in [-0.05, 0) is 55.6 Å². The van der Waals surface area contributed by atoms with Gasteiger partial charge in [0.05, 0.1) is 12.6 Å². The number of rotatable bonds is 4. The molecule has 1 aromatic heterocycles. The molecule has 0 aromatic carbocycles. The summed E-state index contributed by atoms with van der Waals surface area (Å²) in [5.41, 5.74) is 7.29. The zero-order valence-electron chi connectivity index (χ0n) is 13.8. The molecule has 2 N–H and O–H groups in total. The van der Waals surface area contributed by atoms with Crippen molar-refractivity contribution >= 4 is 5.91 Å². The first-order valence-electron chi connectivity index (χ1n) is 8.77. The molecular formula is C18H25F2N3O. The Hall–Kier alpha value is -1.56. The second-order valence-electron chi connectivity index (χ2n) is 7.21. The van der Waals surface area contributed by atoms with E-state index in [1.54, 1.807) is 6.20 Å². The van der Waals surface area contributed by atoms with Crippen LogP contribution in [0.4, 0.5) is 8.78 Å². The van der Waals surface area contributed by atoms with Crippen LogP contribution in [0.1, 0.15) is 50.0 Å². The molecule has 2 heterocycles. The monoisotopic (exact) mass is 337 g/mol. The summed E-state index contributed by atoms with van der Waals surface area (Å²) < 4.78 is 26.5. The van der Waals surface area contributed by atoms with Crippen LogP contribution in [0.5, 0.6) is 0 Å². The van der Waals surface area contributed by atoms with E-state index in [1.807, 2.05) is 12.3 Å². The molecule has 132 valence electrons. The molecule has 1 aliphatic carbocycles. The Labute approximate surface area is 141 Å². The van der Waals surface area contributed by atoms with E-state index in [2.05, 4.69) is 11.1 Å². The number of hydrogen-bond donors (Lipinski definition) is 1. The average molecular weight is 337 g/mol. The molecule has 1 saturated heterocycles. The second kappa shape index (κ2) is 7.13. The van der Waals surface area contributed by atoms with Gasteiger partial charge in [0.2, 0.25) is 5.91 Å². The van der Waals surface area contributed by atoms with Crippen molar-refractivity contribution in [1.82, 2.24) is 9.88 Å². The summed E-state index contributed by atoms with van der Waals surface area (Å²) in [5, 5.41) is 0. The number of aromatic nitrogens is 1. The number of alkyl halides is 2. The van der Waals surface area contributed by atoms with Gasteiger partial charge in [0, 0.05) is 25.4 Å². The van der Waals surface area contributed by atoms with Crippen molar-refractivity contribution in [3.63, 3.8) is 0 Å². The number of halogens is 2. The zero-order chi connectivity index (χ0) is 17.2. The quantitative estimate of drug-likeness (QED) is 0.919. The van der Waals surface area contributed by atoms with Gasteiger partial charge in [-0.3, -0.25) is 9.78 Å². The molecule has 4 nitrogen and oxygen atoms in total. The molecule has 0 radical (unpaired) electrons. The van der Waals surface area contributed by atoms with Gasteiger partial charge in [-0.1, -0.05) is 6.07 Å². The third-order valence-electron chi connectivity index (χ3n) is 5.39. The smallest absolute Gasteiger partial charge is 0.267 e. The van der Waals surface area contributed by atoms with Gasteiger partial charge in [0.1, 0.15) is 0 Å². The highest BCUT2D eigenvalue weighted by molar-refractivity contribution is 5.82. The zero-order valence-corrected chi connectivity index (χ0v) is 13.8.